The molecule has 0 aromatic heterocycles. The molecule has 0 amide bonds. The molecule has 0 fully saturated rings. The lowest BCUT2D eigenvalue weighted by Crippen LogP contribution is -3.00. The van der Waals surface area contributed by atoms with E-state index in [1.807, 2.05) is 18.2 Å². The lowest BCUT2D eigenvalue weighted by Gasteiger charge is -2.48. The van der Waals surface area contributed by atoms with Crippen LogP contribution in [0.3, 0.4) is 0 Å². The van der Waals surface area contributed by atoms with Crippen LogP contribution in [0, 0.1) is 0 Å². The van der Waals surface area contributed by atoms with Gasteiger partial charge in [0, 0.05) is 26.2 Å². The highest BCUT2D eigenvalue weighted by molar-refractivity contribution is 6.62. The largest absolute Gasteiger partial charge is 1.00 e. The number of quaternary nitrogens is 1. The predicted octanol–water partition coefficient (Wildman–Crippen LogP) is 2.29. The van der Waals surface area contributed by atoms with E-state index in [0.29, 0.717) is 19.8 Å². The van der Waals surface area contributed by atoms with Crippen molar-refractivity contribution in [2.45, 2.75) is 65.5 Å². The summed E-state index contributed by atoms with van der Waals surface area (Å²) in [5.41, 5.74) is 0.140. The van der Waals surface area contributed by atoms with E-state index in [0.717, 1.165) is 56.2 Å². The molecule has 0 aliphatic rings. The zero-order valence-corrected chi connectivity index (χ0v) is 21.9. The van der Waals surface area contributed by atoms with Crippen LogP contribution in [-0.2, 0) is 13.3 Å². The van der Waals surface area contributed by atoms with Crippen LogP contribution in [0.4, 0.5) is 0 Å². The van der Waals surface area contributed by atoms with Crippen molar-refractivity contribution in [2.24, 2.45) is 0 Å². The summed E-state index contributed by atoms with van der Waals surface area (Å²) in [4.78, 5) is 0. The van der Waals surface area contributed by atoms with E-state index in [2.05, 4.69) is 47.4 Å². The highest BCUT2D eigenvalue weighted by Crippen LogP contribution is 2.31. The Hall–Kier alpha value is 0.00688. The van der Waals surface area contributed by atoms with Crippen molar-refractivity contribution < 1.29 is 41.7 Å². The highest BCUT2D eigenvalue weighted by atomic mass is 127. The predicted molar refractivity (Wildman–Crippen MR) is 119 cm³/mol. The van der Waals surface area contributed by atoms with Gasteiger partial charge in [-0.2, -0.15) is 0 Å². The van der Waals surface area contributed by atoms with E-state index in [4.69, 9.17) is 13.3 Å². The number of hydrogen-bond donors (Lipinski definition) is 0. The Kier molecular flexibility index (Phi) is 19.2. The van der Waals surface area contributed by atoms with E-state index in [-0.39, 0.29) is 29.6 Å². The number of rotatable bonds is 19. The van der Waals surface area contributed by atoms with Gasteiger partial charge in [-0.05, 0) is 37.5 Å². The molecule has 0 rings (SSSR count). The lowest BCUT2D eigenvalue weighted by molar-refractivity contribution is -0.927. The molecule has 166 valence electrons. The molecular weight excluding hydrogens is 481 g/mol. The summed E-state index contributed by atoms with van der Waals surface area (Å²) in [6.45, 7) is 25.1. The molecule has 0 heterocycles. The summed E-state index contributed by atoms with van der Waals surface area (Å²) in [6, 6.07) is 0. The van der Waals surface area contributed by atoms with E-state index >= 15 is 0 Å². The van der Waals surface area contributed by atoms with Crippen LogP contribution in [0.1, 0.15) is 59.8 Å². The van der Waals surface area contributed by atoms with E-state index in [9.17, 15) is 0 Å². The molecule has 1 atom stereocenters. The normalized spacial score (nSPS) is 12.9. The molecule has 0 N–H and O–H groups in total. The fraction of sp³-hybridized carbons (Fsp3) is 0.727. The molecule has 0 bridgehead atoms. The molecule has 0 saturated carbocycles. The molecule has 0 aliphatic heterocycles. The SMILES string of the molecule is C=CC[N+](CC=C)(CC=C)C(CCC)[Si](OCCC)(OCCC)OCCC.[I-]. The molecular formula is C22H44INO3Si. The first-order chi connectivity index (χ1) is 13.1. The Morgan fingerprint density at radius 3 is 1.32 bits per heavy atom. The molecule has 6 heteroatoms. The Bertz CT molecular complexity index is 372. The Morgan fingerprint density at radius 2 is 1.07 bits per heavy atom. The number of hydrogen-bond acceptors (Lipinski definition) is 3. The molecule has 28 heavy (non-hydrogen) atoms. The third-order valence-corrected chi connectivity index (χ3v) is 8.10. The zero-order chi connectivity index (χ0) is 20.6. The Morgan fingerprint density at radius 1 is 0.714 bits per heavy atom. The molecule has 4 nitrogen and oxygen atoms in total. The molecule has 0 spiro atoms. The first kappa shape index (κ1) is 30.2. The minimum atomic E-state index is -2.93. The van der Waals surface area contributed by atoms with Crippen LogP contribution in [0.25, 0.3) is 0 Å². The minimum absolute atomic E-state index is 0. The molecule has 1 unspecified atom stereocenters. The summed E-state index contributed by atoms with van der Waals surface area (Å²) in [7, 11) is -2.93. The molecule has 0 aliphatic carbocycles. The third kappa shape index (κ3) is 9.22. The van der Waals surface area contributed by atoms with Crippen LogP contribution in [0.2, 0.25) is 0 Å². The lowest BCUT2D eigenvalue weighted by atomic mass is 10.2. The van der Waals surface area contributed by atoms with Crippen LogP contribution in [0.5, 0.6) is 0 Å². The summed E-state index contributed by atoms with van der Waals surface area (Å²) in [5, 5.41) is 0. The van der Waals surface area contributed by atoms with Crippen LogP contribution in [-0.4, -0.2) is 58.4 Å². The topological polar surface area (TPSA) is 27.7 Å². The average molecular weight is 526 g/mol. The van der Waals surface area contributed by atoms with Gasteiger partial charge in [-0.1, -0.05) is 53.9 Å². The van der Waals surface area contributed by atoms with Gasteiger partial charge in [0.1, 0.15) is 0 Å². The van der Waals surface area contributed by atoms with E-state index in [1.165, 1.54) is 0 Å². The molecule has 0 radical (unpaired) electrons. The summed E-state index contributed by atoms with van der Waals surface area (Å²) >= 11 is 0. The second kappa shape index (κ2) is 17.8. The molecule has 0 aromatic carbocycles. The van der Waals surface area contributed by atoms with Crippen LogP contribution < -0.4 is 24.0 Å². The van der Waals surface area contributed by atoms with Crippen molar-refractivity contribution in [3.05, 3.63) is 38.0 Å². The number of halogens is 1. The third-order valence-electron chi connectivity index (χ3n) is 4.63. The van der Waals surface area contributed by atoms with Crippen molar-refractivity contribution in [3.8, 4) is 0 Å². The zero-order valence-electron chi connectivity index (χ0n) is 18.8. The van der Waals surface area contributed by atoms with Gasteiger partial charge >= 0.3 is 8.80 Å². The van der Waals surface area contributed by atoms with Gasteiger partial charge in [-0.25, -0.2) is 0 Å². The smallest absolute Gasteiger partial charge is 0.562 e. The summed E-state index contributed by atoms with van der Waals surface area (Å²) < 4.78 is 20.3. The quantitative estimate of drug-likeness (QED) is 0.112. The average Bonchev–Trinajstić information content (AvgIpc) is 2.66. The van der Waals surface area contributed by atoms with E-state index < -0.39 is 8.80 Å². The van der Waals surface area contributed by atoms with Crippen molar-refractivity contribution in [2.75, 3.05) is 39.5 Å². The van der Waals surface area contributed by atoms with Gasteiger partial charge in [-0.15, -0.1) is 0 Å². The Balaban J connectivity index is 0. The highest BCUT2D eigenvalue weighted by Gasteiger charge is 2.59. The Labute approximate surface area is 193 Å². The fourth-order valence-corrected chi connectivity index (χ4v) is 7.51. The second-order valence-electron chi connectivity index (χ2n) is 7.09. The van der Waals surface area contributed by atoms with Crippen LogP contribution in [0.15, 0.2) is 38.0 Å². The summed E-state index contributed by atoms with van der Waals surface area (Å²) in [5.74, 6) is 0. The maximum absolute atomic E-state index is 6.52. The van der Waals surface area contributed by atoms with Gasteiger partial charge in [0.15, 0.2) is 5.67 Å². The van der Waals surface area contributed by atoms with Gasteiger partial charge in [-0.3, -0.25) is 0 Å². The van der Waals surface area contributed by atoms with Gasteiger partial charge in [0.2, 0.25) is 0 Å². The number of nitrogens with zero attached hydrogens (tertiary/aromatic N) is 1. The molecule has 0 saturated heterocycles. The van der Waals surface area contributed by atoms with Gasteiger partial charge < -0.3 is 41.7 Å². The molecule has 0 aromatic rings. The maximum Gasteiger partial charge on any atom is 0.562 e. The first-order valence-electron chi connectivity index (χ1n) is 10.7. The maximum atomic E-state index is 6.52. The van der Waals surface area contributed by atoms with Gasteiger partial charge in [0.25, 0.3) is 0 Å². The van der Waals surface area contributed by atoms with Crippen molar-refractivity contribution in [1.82, 2.24) is 0 Å². The van der Waals surface area contributed by atoms with Crippen molar-refractivity contribution >= 4 is 8.80 Å². The fourth-order valence-electron chi connectivity index (χ4n) is 3.58. The minimum Gasteiger partial charge on any atom is -1.00 e. The van der Waals surface area contributed by atoms with E-state index in [1.54, 1.807) is 0 Å². The monoisotopic (exact) mass is 525 g/mol. The van der Waals surface area contributed by atoms with Crippen molar-refractivity contribution in [3.63, 3.8) is 0 Å². The second-order valence-corrected chi connectivity index (χ2v) is 9.83. The van der Waals surface area contributed by atoms with Crippen molar-refractivity contribution in [1.29, 1.82) is 0 Å². The standard InChI is InChI=1S/C22H44NO3Si.HI/c1-8-15-22(23(16-9-2,17-10-3)18-11-4)27(24-19-12-5,25-20-13-6)26-21-14-7;/h9-11,22H,2-4,8,12-21H2,1,5-7H3;1H/q+1;/p-1. The van der Waals surface area contributed by atoms with Crippen LogP contribution >= 0.6 is 0 Å². The van der Waals surface area contributed by atoms with Gasteiger partial charge in [0.05, 0.1) is 19.6 Å². The summed E-state index contributed by atoms with van der Waals surface area (Å²) in [6.07, 6.45) is 10.9. The first-order valence-corrected chi connectivity index (χ1v) is 12.5.